The predicted octanol–water partition coefficient (Wildman–Crippen LogP) is 5.38. The highest BCUT2D eigenvalue weighted by atomic mass is 35.5. The highest BCUT2D eigenvalue weighted by Crippen LogP contribution is 2.23. The first-order valence-electron chi connectivity index (χ1n) is 9.89. The lowest BCUT2D eigenvalue weighted by atomic mass is 10.0. The Morgan fingerprint density at radius 2 is 1.65 bits per heavy atom. The van der Waals surface area contributed by atoms with Crippen LogP contribution in [0.25, 0.3) is 0 Å². The summed E-state index contributed by atoms with van der Waals surface area (Å²) in [5, 5.41) is 3.76. The number of halogens is 2. The van der Waals surface area contributed by atoms with Crippen LogP contribution in [-0.2, 0) is 11.3 Å². The molecule has 2 aromatic carbocycles. The summed E-state index contributed by atoms with van der Waals surface area (Å²) in [5.41, 5.74) is 1.72. The number of aromatic nitrogens is 1. The summed E-state index contributed by atoms with van der Waals surface area (Å²) in [4.78, 5) is 32.4. The number of anilines is 1. The summed E-state index contributed by atoms with van der Waals surface area (Å²) in [7, 11) is 0. The second-order valence-electron chi connectivity index (χ2n) is 7.40. The molecule has 2 amide bonds. The molecule has 0 radical (unpaired) electrons. The molecule has 3 rings (SSSR count). The summed E-state index contributed by atoms with van der Waals surface area (Å²) < 4.78 is 0. The first-order chi connectivity index (χ1) is 14.9. The van der Waals surface area contributed by atoms with Gasteiger partial charge in [0, 0.05) is 16.9 Å². The molecule has 1 atom stereocenters. The van der Waals surface area contributed by atoms with Crippen molar-refractivity contribution in [2.45, 2.75) is 26.4 Å². The largest absolute Gasteiger partial charge is 0.340 e. The zero-order chi connectivity index (χ0) is 22.4. The average Bonchev–Trinajstić information content (AvgIpc) is 2.77. The number of carbonyl (C=O) groups excluding carboxylic acids is 2. The van der Waals surface area contributed by atoms with Gasteiger partial charge in [0.15, 0.2) is 0 Å². The second kappa shape index (κ2) is 10.4. The number of benzene rings is 2. The van der Waals surface area contributed by atoms with Crippen molar-refractivity contribution in [3.05, 3.63) is 94.2 Å². The highest BCUT2D eigenvalue weighted by molar-refractivity contribution is 6.33. The van der Waals surface area contributed by atoms with Gasteiger partial charge in [-0.25, -0.2) is 0 Å². The van der Waals surface area contributed by atoms with E-state index in [0.29, 0.717) is 21.3 Å². The van der Waals surface area contributed by atoms with E-state index >= 15 is 0 Å². The molecule has 0 aliphatic carbocycles. The van der Waals surface area contributed by atoms with Crippen molar-refractivity contribution in [2.24, 2.45) is 5.92 Å². The quantitative estimate of drug-likeness (QED) is 0.520. The van der Waals surface area contributed by atoms with Crippen LogP contribution in [0.4, 0.5) is 5.69 Å². The molecule has 3 aromatic rings. The number of nitrogens with zero attached hydrogens (tertiary/aromatic N) is 2. The number of nitrogens with one attached hydrogen (secondary N) is 1. The topological polar surface area (TPSA) is 62.3 Å². The van der Waals surface area contributed by atoms with Gasteiger partial charge in [0.1, 0.15) is 6.04 Å². The smallest absolute Gasteiger partial charge is 0.253 e. The van der Waals surface area contributed by atoms with Crippen molar-refractivity contribution >= 4 is 40.7 Å². The maximum absolute atomic E-state index is 13.6. The van der Waals surface area contributed by atoms with Crippen LogP contribution in [0.2, 0.25) is 10.0 Å². The highest BCUT2D eigenvalue weighted by Gasteiger charge is 2.30. The van der Waals surface area contributed by atoms with Gasteiger partial charge in [-0.3, -0.25) is 14.6 Å². The summed E-state index contributed by atoms with van der Waals surface area (Å²) in [6.45, 7) is 4.03. The summed E-state index contributed by atoms with van der Waals surface area (Å²) in [6, 6.07) is 18.5. The van der Waals surface area contributed by atoms with E-state index in [1.807, 2.05) is 32.0 Å². The summed E-state index contributed by atoms with van der Waals surface area (Å²) >= 11 is 12.2. The SMILES string of the molecule is CC(C)C(NC(=O)c1ccccc1Cl)C(=O)N(Cc1ccccn1)c1ccc(Cl)cc1. The van der Waals surface area contributed by atoms with Gasteiger partial charge in [0.25, 0.3) is 5.91 Å². The minimum atomic E-state index is -0.761. The van der Waals surface area contributed by atoms with E-state index in [-0.39, 0.29) is 18.4 Å². The van der Waals surface area contributed by atoms with E-state index in [4.69, 9.17) is 23.2 Å². The number of rotatable bonds is 7. The lowest BCUT2D eigenvalue weighted by Crippen LogP contribution is -2.51. The molecule has 1 aromatic heterocycles. The van der Waals surface area contributed by atoms with Gasteiger partial charge in [-0.2, -0.15) is 0 Å². The Morgan fingerprint density at radius 1 is 0.968 bits per heavy atom. The van der Waals surface area contributed by atoms with Crippen LogP contribution in [0.5, 0.6) is 0 Å². The zero-order valence-corrected chi connectivity index (χ0v) is 18.8. The van der Waals surface area contributed by atoms with Crippen LogP contribution in [0, 0.1) is 5.92 Å². The normalized spacial score (nSPS) is 11.8. The Hall–Kier alpha value is -2.89. The molecular weight excluding hydrogens is 433 g/mol. The maximum Gasteiger partial charge on any atom is 0.253 e. The van der Waals surface area contributed by atoms with Crippen molar-refractivity contribution in [2.75, 3.05) is 4.90 Å². The molecule has 0 bridgehead atoms. The van der Waals surface area contributed by atoms with Crippen molar-refractivity contribution in [1.29, 1.82) is 0 Å². The van der Waals surface area contributed by atoms with Gasteiger partial charge in [-0.1, -0.05) is 55.2 Å². The standard InChI is InChI=1S/C24H23Cl2N3O2/c1-16(2)22(28-23(30)20-8-3-4-9-21(20)26)24(31)29(15-18-7-5-6-14-27-18)19-12-10-17(25)11-13-19/h3-14,16,22H,15H2,1-2H3,(H,28,30). The molecule has 5 nitrogen and oxygen atoms in total. The number of pyridine rings is 1. The van der Waals surface area contributed by atoms with Crippen LogP contribution < -0.4 is 10.2 Å². The lowest BCUT2D eigenvalue weighted by Gasteiger charge is -2.30. The molecule has 0 saturated carbocycles. The summed E-state index contributed by atoms with van der Waals surface area (Å²) in [6.07, 6.45) is 1.68. The van der Waals surface area contributed by atoms with Crippen LogP contribution in [-0.4, -0.2) is 22.8 Å². The molecule has 0 aliphatic rings. The monoisotopic (exact) mass is 455 g/mol. The van der Waals surface area contributed by atoms with Gasteiger partial charge in [-0.05, 0) is 54.4 Å². The molecular formula is C24H23Cl2N3O2. The molecule has 0 saturated heterocycles. The fourth-order valence-electron chi connectivity index (χ4n) is 3.12. The fraction of sp³-hybridized carbons (Fsp3) is 0.208. The Labute approximate surface area is 192 Å². The van der Waals surface area contributed by atoms with E-state index in [1.54, 1.807) is 59.6 Å². The van der Waals surface area contributed by atoms with Crippen molar-refractivity contribution in [3.63, 3.8) is 0 Å². The molecule has 1 N–H and O–H groups in total. The molecule has 31 heavy (non-hydrogen) atoms. The van der Waals surface area contributed by atoms with Gasteiger partial charge in [-0.15, -0.1) is 0 Å². The van der Waals surface area contributed by atoms with E-state index in [0.717, 1.165) is 5.69 Å². The van der Waals surface area contributed by atoms with Gasteiger partial charge >= 0.3 is 0 Å². The van der Waals surface area contributed by atoms with Crippen LogP contribution in [0.15, 0.2) is 72.9 Å². The molecule has 7 heteroatoms. The molecule has 1 unspecified atom stereocenters. The fourth-order valence-corrected chi connectivity index (χ4v) is 3.46. The second-order valence-corrected chi connectivity index (χ2v) is 8.24. The third-order valence-electron chi connectivity index (χ3n) is 4.79. The van der Waals surface area contributed by atoms with Crippen molar-refractivity contribution in [1.82, 2.24) is 10.3 Å². The first-order valence-corrected chi connectivity index (χ1v) is 10.6. The third-order valence-corrected chi connectivity index (χ3v) is 5.37. The van der Waals surface area contributed by atoms with Crippen molar-refractivity contribution < 1.29 is 9.59 Å². The van der Waals surface area contributed by atoms with Gasteiger partial charge in [0.2, 0.25) is 5.91 Å². The number of carbonyl (C=O) groups is 2. The minimum absolute atomic E-state index is 0.155. The molecule has 0 fully saturated rings. The Kier molecular flexibility index (Phi) is 7.66. The first kappa shape index (κ1) is 22.8. The van der Waals surface area contributed by atoms with E-state index in [1.165, 1.54) is 0 Å². The molecule has 160 valence electrons. The van der Waals surface area contributed by atoms with E-state index in [9.17, 15) is 9.59 Å². The number of hydrogen-bond donors (Lipinski definition) is 1. The van der Waals surface area contributed by atoms with Crippen molar-refractivity contribution in [3.8, 4) is 0 Å². The van der Waals surface area contributed by atoms with Gasteiger partial charge in [0.05, 0.1) is 22.8 Å². The van der Waals surface area contributed by atoms with Gasteiger partial charge < -0.3 is 10.2 Å². The number of hydrogen-bond acceptors (Lipinski definition) is 3. The Bertz CT molecular complexity index is 1040. The Balaban J connectivity index is 1.91. The maximum atomic E-state index is 13.6. The third kappa shape index (κ3) is 5.84. The van der Waals surface area contributed by atoms with E-state index in [2.05, 4.69) is 10.3 Å². The van der Waals surface area contributed by atoms with E-state index < -0.39 is 11.9 Å². The van der Waals surface area contributed by atoms with Crippen LogP contribution in [0.3, 0.4) is 0 Å². The molecule has 0 aliphatic heterocycles. The Morgan fingerprint density at radius 3 is 2.26 bits per heavy atom. The lowest BCUT2D eigenvalue weighted by molar-refractivity contribution is -0.121. The van der Waals surface area contributed by atoms with Crippen LogP contribution >= 0.6 is 23.2 Å². The minimum Gasteiger partial charge on any atom is -0.340 e. The summed E-state index contributed by atoms with van der Waals surface area (Å²) in [5.74, 6) is -0.799. The number of amides is 2. The molecule has 1 heterocycles. The zero-order valence-electron chi connectivity index (χ0n) is 17.3. The predicted molar refractivity (Wildman–Crippen MR) is 124 cm³/mol. The molecule has 0 spiro atoms. The van der Waals surface area contributed by atoms with Crippen LogP contribution in [0.1, 0.15) is 29.9 Å². The average molecular weight is 456 g/mol.